The summed E-state index contributed by atoms with van der Waals surface area (Å²) in [7, 11) is 0. The molecule has 0 spiro atoms. The van der Waals surface area contributed by atoms with E-state index in [-0.39, 0.29) is 11.3 Å². The van der Waals surface area contributed by atoms with Crippen LogP contribution in [0.1, 0.15) is 10.4 Å². The molecular formula is C16H10F2N2O2. The van der Waals surface area contributed by atoms with Crippen LogP contribution in [0, 0.1) is 11.6 Å². The van der Waals surface area contributed by atoms with Crippen molar-refractivity contribution in [2.75, 3.05) is 5.32 Å². The van der Waals surface area contributed by atoms with Gasteiger partial charge in [0.15, 0.2) is 17.4 Å². The number of carbonyl (C=O) groups excluding carboxylic acids is 1. The Hall–Kier alpha value is -3.02. The third-order valence-electron chi connectivity index (χ3n) is 3.15. The van der Waals surface area contributed by atoms with Crippen LogP contribution in [0.2, 0.25) is 0 Å². The number of carbonyl (C=O) groups is 1. The highest BCUT2D eigenvalue weighted by atomic mass is 19.1. The van der Waals surface area contributed by atoms with E-state index < -0.39 is 23.3 Å². The highest BCUT2D eigenvalue weighted by Crippen LogP contribution is 2.25. The molecule has 6 heteroatoms. The maximum atomic E-state index is 13.3. The van der Waals surface area contributed by atoms with Crippen molar-refractivity contribution in [1.82, 2.24) is 4.98 Å². The quantitative estimate of drug-likeness (QED) is 0.712. The maximum absolute atomic E-state index is 13.3. The second-order valence-electron chi connectivity index (χ2n) is 4.62. The molecule has 4 nitrogen and oxygen atoms in total. The largest absolute Gasteiger partial charge is 0.503 e. The molecule has 0 aliphatic heterocycles. The van der Waals surface area contributed by atoms with Gasteiger partial charge in [-0.2, -0.15) is 0 Å². The van der Waals surface area contributed by atoms with Crippen molar-refractivity contribution in [2.24, 2.45) is 0 Å². The van der Waals surface area contributed by atoms with Crippen molar-refractivity contribution < 1.29 is 18.7 Å². The highest BCUT2D eigenvalue weighted by Gasteiger charge is 2.14. The summed E-state index contributed by atoms with van der Waals surface area (Å²) in [6.07, 6.45) is 1.55. The number of benzene rings is 2. The number of rotatable bonds is 2. The Kier molecular flexibility index (Phi) is 3.42. The SMILES string of the molecule is O=C(Nc1cc(F)c(O)c(F)c1)c1cccc2cccnc12. The van der Waals surface area contributed by atoms with E-state index in [4.69, 9.17) is 5.11 Å². The molecule has 110 valence electrons. The number of nitrogens with zero attached hydrogens (tertiary/aromatic N) is 1. The van der Waals surface area contributed by atoms with E-state index in [1.54, 1.807) is 36.5 Å². The third kappa shape index (κ3) is 2.46. The van der Waals surface area contributed by atoms with E-state index in [2.05, 4.69) is 10.3 Å². The fourth-order valence-corrected chi connectivity index (χ4v) is 2.12. The number of amides is 1. The molecule has 0 radical (unpaired) electrons. The fraction of sp³-hybridized carbons (Fsp3) is 0. The summed E-state index contributed by atoms with van der Waals surface area (Å²) in [6.45, 7) is 0. The lowest BCUT2D eigenvalue weighted by molar-refractivity contribution is 0.102. The predicted molar refractivity (Wildman–Crippen MR) is 77.7 cm³/mol. The lowest BCUT2D eigenvalue weighted by atomic mass is 10.1. The minimum Gasteiger partial charge on any atom is -0.503 e. The van der Waals surface area contributed by atoms with Gasteiger partial charge in [0.2, 0.25) is 0 Å². The number of phenolic OH excluding ortho intramolecular Hbond substituents is 1. The van der Waals surface area contributed by atoms with Gasteiger partial charge in [0, 0.05) is 29.4 Å². The minimum atomic E-state index is -1.15. The van der Waals surface area contributed by atoms with Crippen LogP contribution >= 0.6 is 0 Å². The first-order valence-corrected chi connectivity index (χ1v) is 6.39. The Morgan fingerprint density at radius 3 is 2.50 bits per heavy atom. The average Bonchev–Trinajstić information content (AvgIpc) is 2.52. The zero-order valence-corrected chi connectivity index (χ0v) is 11.2. The summed E-state index contributed by atoms with van der Waals surface area (Å²) < 4.78 is 26.6. The Labute approximate surface area is 124 Å². The Bertz CT molecular complexity index is 853. The van der Waals surface area contributed by atoms with Crippen LogP contribution < -0.4 is 5.32 Å². The molecule has 0 saturated carbocycles. The number of para-hydroxylation sites is 1. The zero-order valence-electron chi connectivity index (χ0n) is 11.2. The predicted octanol–water partition coefficient (Wildman–Crippen LogP) is 3.47. The molecule has 1 amide bonds. The number of nitrogens with one attached hydrogen (secondary N) is 1. The first kappa shape index (κ1) is 13.9. The summed E-state index contributed by atoms with van der Waals surface area (Å²) in [5.74, 6) is -3.92. The van der Waals surface area contributed by atoms with E-state index >= 15 is 0 Å². The van der Waals surface area contributed by atoms with Gasteiger partial charge in [0.25, 0.3) is 5.91 Å². The fourth-order valence-electron chi connectivity index (χ4n) is 2.12. The monoisotopic (exact) mass is 300 g/mol. The number of phenols is 1. The van der Waals surface area contributed by atoms with E-state index in [0.717, 1.165) is 17.5 Å². The summed E-state index contributed by atoms with van der Waals surface area (Å²) in [5.41, 5.74) is 0.681. The molecule has 0 bridgehead atoms. The van der Waals surface area contributed by atoms with Gasteiger partial charge in [-0.3, -0.25) is 9.78 Å². The molecular weight excluding hydrogens is 290 g/mol. The summed E-state index contributed by atoms with van der Waals surface area (Å²) in [5, 5.41) is 12.2. The molecule has 1 heterocycles. The number of aromatic nitrogens is 1. The summed E-state index contributed by atoms with van der Waals surface area (Å²) in [4.78, 5) is 16.4. The third-order valence-corrected chi connectivity index (χ3v) is 3.15. The molecule has 22 heavy (non-hydrogen) atoms. The maximum Gasteiger partial charge on any atom is 0.257 e. The van der Waals surface area contributed by atoms with Crippen LogP contribution in [0.25, 0.3) is 10.9 Å². The number of halogens is 2. The first-order valence-electron chi connectivity index (χ1n) is 6.39. The molecule has 0 atom stereocenters. The number of fused-ring (bicyclic) bond motifs is 1. The normalized spacial score (nSPS) is 10.6. The highest BCUT2D eigenvalue weighted by molar-refractivity contribution is 6.11. The smallest absolute Gasteiger partial charge is 0.257 e. The first-order chi connectivity index (χ1) is 10.6. The molecule has 0 aliphatic carbocycles. The Morgan fingerprint density at radius 1 is 1.09 bits per heavy atom. The van der Waals surface area contributed by atoms with E-state index in [9.17, 15) is 13.6 Å². The van der Waals surface area contributed by atoms with Gasteiger partial charge >= 0.3 is 0 Å². The van der Waals surface area contributed by atoms with Crippen molar-refractivity contribution in [3.05, 3.63) is 65.9 Å². The average molecular weight is 300 g/mol. The molecule has 0 aliphatic rings. The second kappa shape index (κ2) is 5.40. The second-order valence-corrected chi connectivity index (χ2v) is 4.62. The van der Waals surface area contributed by atoms with E-state index in [0.29, 0.717) is 5.52 Å². The van der Waals surface area contributed by atoms with Gasteiger partial charge in [0.1, 0.15) is 0 Å². The van der Waals surface area contributed by atoms with Crippen LogP contribution in [-0.4, -0.2) is 16.0 Å². The van der Waals surface area contributed by atoms with Gasteiger partial charge in [-0.25, -0.2) is 8.78 Å². The van der Waals surface area contributed by atoms with Crippen molar-refractivity contribution >= 4 is 22.5 Å². The molecule has 0 unspecified atom stereocenters. The topological polar surface area (TPSA) is 62.2 Å². The number of hydrogen-bond acceptors (Lipinski definition) is 3. The molecule has 0 saturated heterocycles. The molecule has 2 aromatic carbocycles. The number of anilines is 1. The zero-order chi connectivity index (χ0) is 15.7. The Balaban J connectivity index is 1.97. The van der Waals surface area contributed by atoms with Gasteiger partial charge in [-0.1, -0.05) is 18.2 Å². The van der Waals surface area contributed by atoms with Gasteiger partial charge in [0.05, 0.1) is 11.1 Å². The lowest BCUT2D eigenvalue weighted by Crippen LogP contribution is -2.13. The van der Waals surface area contributed by atoms with Crippen molar-refractivity contribution in [2.45, 2.75) is 0 Å². The van der Waals surface area contributed by atoms with E-state index in [1.165, 1.54) is 0 Å². The van der Waals surface area contributed by atoms with Crippen molar-refractivity contribution in [3.8, 4) is 5.75 Å². The van der Waals surface area contributed by atoms with Crippen LogP contribution in [0.5, 0.6) is 5.75 Å². The van der Waals surface area contributed by atoms with Crippen molar-refractivity contribution in [1.29, 1.82) is 0 Å². The molecule has 2 N–H and O–H groups in total. The van der Waals surface area contributed by atoms with Gasteiger partial charge in [-0.05, 0) is 12.1 Å². The van der Waals surface area contributed by atoms with E-state index in [1.807, 2.05) is 0 Å². The number of pyridine rings is 1. The number of aromatic hydroxyl groups is 1. The molecule has 3 rings (SSSR count). The van der Waals surface area contributed by atoms with Crippen molar-refractivity contribution in [3.63, 3.8) is 0 Å². The molecule has 0 fully saturated rings. The Morgan fingerprint density at radius 2 is 1.77 bits per heavy atom. The standard InChI is InChI=1S/C16H10F2N2O2/c17-12-7-10(8-13(18)15(12)21)20-16(22)11-5-1-3-9-4-2-6-19-14(9)11/h1-8,21H,(H,20,22). The number of hydrogen-bond donors (Lipinski definition) is 2. The molecule has 3 aromatic rings. The van der Waals surface area contributed by atoms with Crippen LogP contribution in [0.3, 0.4) is 0 Å². The van der Waals surface area contributed by atoms with Crippen LogP contribution in [-0.2, 0) is 0 Å². The lowest BCUT2D eigenvalue weighted by Gasteiger charge is -2.08. The van der Waals surface area contributed by atoms with Crippen LogP contribution in [0.15, 0.2) is 48.7 Å². The van der Waals surface area contributed by atoms with Gasteiger partial charge in [-0.15, -0.1) is 0 Å². The van der Waals surface area contributed by atoms with Gasteiger partial charge < -0.3 is 10.4 Å². The molecule has 1 aromatic heterocycles. The van der Waals surface area contributed by atoms with Crippen LogP contribution in [0.4, 0.5) is 14.5 Å². The summed E-state index contributed by atoms with van der Waals surface area (Å²) >= 11 is 0. The minimum absolute atomic E-state index is 0.0919. The summed E-state index contributed by atoms with van der Waals surface area (Å²) in [6, 6.07) is 10.3.